The zero-order valence-electron chi connectivity index (χ0n) is 12.3. The van der Waals surface area contributed by atoms with Gasteiger partial charge in [-0.1, -0.05) is 34.8 Å². The molecule has 0 saturated carbocycles. The van der Waals surface area contributed by atoms with Crippen LogP contribution in [0.5, 0.6) is 5.75 Å². The molecule has 0 fully saturated rings. The number of thiophene rings is 1. The highest BCUT2D eigenvalue weighted by atomic mass is 35.5. The van der Waals surface area contributed by atoms with E-state index in [1.54, 1.807) is 19.3 Å². The number of fused-ring (bicyclic) bond motifs is 1. The van der Waals surface area contributed by atoms with Crippen molar-refractivity contribution in [3.8, 4) is 5.75 Å². The second-order valence-corrected chi connectivity index (χ2v) is 7.51. The van der Waals surface area contributed by atoms with Gasteiger partial charge in [0.2, 0.25) is 0 Å². The average molecular weight is 399 g/mol. The van der Waals surface area contributed by atoms with Gasteiger partial charge in [0.1, 0.15) is 15.2 Å². The lowest BCUT2D eigenvalue weighted by molar-refractivity contribution is 0.104. The van der Waals surface area contributed by atoms with Gasteiger partial charge in [0, 0.05) is 10.9 Å². The first-order valence-corrected chi connectivity index (χ1v) is 8.74. The number of pyridine rings is 1. The van der Waals surface area contributed by atoms with Gasteiger partial charge in [0.05, 0.1) is 22.5 Å². The predicted molar refractivity (Wildman–Crippen MR) is 101 cm³/mol. The fraction of sp³-hybridized carbons (Fsp3) is 0.0588. The normalized spacial score (nSPS) is 11.3. The molecule has 2 heterocycles. The number of ketones is 1. The molecule has 0 atom stereocenters. The molecular weight excluding hydrogens is 389 g/mol. The molecular formula is C17H10Cl3NO2S. The zero-order chi connectivity index (χ0) is 17.3. The Bertz CT molecular complexity index is 966. The molecule has 0 aliphatic heterocycles. The zero-order valence-corrected chi connectivity index (χ0v) is 15.4. The Balaban J connectivity index is 1.95. The van der Waals surface area contributed by atoms with Gasteiger partial charge in [-0.2, -0.15) is 0 Å². The molecule has 0 bridgehead atoms. The molecule has 0 radical (unpaired) electrons. The Morgan fingerprint density at radius 2 is 2.00 bits per heavy atom. The van der Waals surface area contributed by atoms with E-state index < -0.39 is 0 Å². The van der Waals surface area contributed by atoms with Crippen LogP contribution in [0.1, 0.15) is 15.9 Å². The lowest BCUT2D eigenvalue weighted by atomic mass is 10.1. The Kier molecular flexibility index (Phi) is 5.11. The summed E-state index contributed by atoms with van der Waals surface area (Å²) in [6.45, 7) is 0. The van der Waals surface area contributed by atoms with Gasteiger partial charge in [-0.05, 0) is 42.5 Å². The van der Waals surface area contributed by atoms with E-state index in [4.69, 9.17) is 39.5 Å². The van der Waals surface area contributed by atoms with Crippen LogP contribution < -0.4 is 4.74 Å². The monoisotopic (exact) mass is 397 g/mol. The van der Waals surface area contributed by atoms with Crippen molar-refractivity contribution in [1.29, 1.82) is 0 Å². The number of carbonyl (C=O) groups is 1. The molecule has 7 heteroatoms. The minimum Gasteiger partial charge on any atom is -0.497 e. The van der Waals surface area contributed by atoms with Crippen LogP contribution in [0, 0.1) is 0 Å². The second kappa shape index (κ2) is 7.11. The van der Waals surface area contributed by atoms with Crippen molar-refractivity contribution in [2.75, 3.05) is 7.11 Å². The molecule has 0 spiro atoms. The van der Waals surface area contributed by atoms with Gasteiger partial charge >= 0.3 is 0 Å². The molecule has 3 nitrogen and oxygen atoms in total. The first-order valence-electron chi connectivity index (χ1n) is 6.79. The summed E-state index contributed by atoms with van der Waals surface area (Å²) in [7, 11) is 1.60. The predicted octanol–water partition coefficient (Wildman–Crippen LogP) is 6.16. The number of ether oxygens (including phenoxy) is 1. The van der Waals surface area contributed by atoms with Crippen molar-refractivity contribution in [3.05, 3.63) is 61.4 Å². The van der Waals surface area contributed by atoms with Crippen molar-refractivity contribution in [3.63, 3.8) is 0 Å². The Morgan fingerprint density at radius 1 is 1.21 bits per heavy atom. The summed E-state index contributed by atoms with van der Waals surface area (Å²) in [5.74, 6) is 0.474. The largest absolute Gasteiger partial charge is 0.497 e. The maximum Gasteiger partial charge on any atom is 0.188 e. The fourth-order valence-corrected chi connectivity index (χ4v) is 3.84. The van der Waals surface area contributed by atoms with E-state index in [0.29, 0.717) is 25.0 Å². The standard InChI is InChI=1S/C17H10Cl3NO2S/c1-23-11-3-4-13-10(7-11)6-9(16(19)21-13)2-5-14(22)12-8-15(18)24-17(12)20/h2-8H,1H3/b5-2+. The summed E-state index contributed by atoms with van der Waals surface area (Å²) in [4.78, 5) is 16.5. The smallest absolute Gasteiger partial charge is 0.188 e. The molecule has 0 amide bonds. The Hall–Kier alpha value is -1.59. The van der Waals surface area contributed by atoms with Crippen LogP contribution in [0.3, 0.4) is 0 Å². The van der Waals surface area contributed by atoms with Crippen LogP contribution in [-0.4, -0.2) is 17.9 Å². The van der Waals surface area contributed by atoms with Gasteiger partial charge in [0.15, 0.2) is 5.78 Å². The number of carbonyl (C=O) groups excluding carboxylic acids is 1. The van der Waals surface area contributed by atoms with Gasteiger partial charge in [0.25, 0.3) is 0 Å². The Labute approximate surface area is 157 Å². The fourth-order valence-electron chi connectivity index (χ4n) is 2.15. The molecule has 3 aromatic rings. The SMILES string of the molecule is COc1ccc2nc(Cl)c(/C=C/C(=O)c3cc(Cl)sc3Cl)cc2c1. The highest BCUT2D eigenvalue weighted by Gasteiger charge is 2.12. The summed E-state index contributed by atoms with van der Waals surface area (Å²) in [6, 6.07) is 8.89. The molecule has 0 aliphatic rings. The summed E-state index contributed by atoms with van der Waals surface area (Å²) in [6.07, 6.45) is 3.01. The summed E-state index contributed by atoms with van der Waals surface area (Å²) >= 11 is 19.2. The third-order valence-corrected chi connectivity index (χ3v) is 5.13. The van der Waals surface area contributed by atoms with E-state index in [-0.39, 0.29) is 5.78 Å². The molecule has 122 valence electrons. The van der Waals surface area contributed by atoms with Crippen LogP contribution >= 0.6 is 46.1 Å². The van der Waals surface area contributed by atoms with E-state index in [0.717, 1.165) is 28.0 Å². The molecule has 0 aliphatic carbocycles. The number of methoxy groups -OCH3 is 1. The highest BCUT2D eigenvalue weighted by Crippen LogP contribution is 2.32. The van der Waals surface area contributed by atoms with Crippen molar-refractivity contribution >= 4 is 68.9 Å². The second-order valence-electron chi connectivity index (χ2n) is 4.86. The van der Waals surface area contributed by atoms with Crippen molar-refractivity contribution in [2.45, 2.75) is 0 Å². The van der Waals surface area contributed by atoms with E-state index in [9.17, 15) is 4.79 Å². The van der Waals surface area contributed by atoms with Crippen LogP contribution in [0.15, 0.2) is 36.4 Å². The van der Waals surface area contributed by atoms with Crippen molar-refractivity contribution in [2.24, 2.45) is 0 Å². The first-order chi connectivity index (χ1) is 11.5. The topological polar surface area (TPSA) is 39.2 Å². The highest BCUT2D eigenvalue weighted by molar-refractivity contribution is 7.20. The van der Waals surface area contributed by atoms with Gasteiger partial charge < -0.3 is 4.74 Å². The number of hydrogen-bond acceptors (Lipinski definition) is 4. The van der Waals surface area contributed by atoms with Crippen LogP contribution in [-0.2, 0) is 0 Å². The molecule has 0 N–H and O–H groups in total. The third kappa shape index (κ3) is 3.57. The van der Waals surface area contributed by atoms with E-state index in [2.05, 4.69) is 4.98 Å². The first kappa shape index (κ1) is 17.2. The molecule has 0 unspecified atom stereocenters. The maximum absolute atomic E-state index is 12.2. The number of nitrogens with zero attached hydrogens (tertiary/aromatic N) is 1. The summed E-state index contributed by atoms with van der Waals surface area (Å²) in [5, 5.41) is 1.17. The minimum absolute atomic E-state index is 0.245. The number of aromatic nitrogens is 1. The van der Waals surface area contributed by atoms with Crippen LogP contribution in [0.4, 0.5) is 0 Å². The van der Waals surface area contributed by atoms with Crippen molar-refractivity contribution in [1.82, 2.24) is 4.98 Å². The van der Waals surface area contributed by atoms with Gasteiger partial charge in [-0.25, -0.2) is 4.98 Å². The summed E-state index contributed by atoms with van der Waals surface area (Å²) < 4.78 is 6.03. The average Bonchev–Trinajstić information content (AvgIpc) is 2.90. The molecule has 1 aromatic carbocycles. The maximum atomic E-state index is 12.2. The van der Waals surface area contributed by atoms with E-state index >= 15 is 0 Å². The van der Waals surface area contributed by atoms with E-state index in [1.165, 1.54) is 6.08 Å². The van der Waals surface area contributed by atoms with Crippen LogP contribution in [0.2, 0.25) is 13.8 Å². The number of benzene rings is 1. The third-order valence-electron chi connectivity index (χ3n) is 3.34. The van der Waals surface area contributed by atoms with Gasteiger partial charge in [-0.15, -0.1) is 11.3 Å². The number of rotatable bonds is 4. The lowest BCUT2D eigenvalue weighted by Gasteiger charge is -2.04. The van der Waals surface area contributed by atoms with Crippen molar-refractivity contribution < 1.29 is 9.53 Å². The Morgan fingerprint density at radius 3 is 2.67 bits per heavy atom. The summed E-state index contributed by atoms with van der Waals surface area (Å²) in [5.41, 5.74) is 1.75. The van der Waals surface area contributed by atoms with Crippen LogP contribution in [0.25, 0.3) is 17.0 Å². The molecule has 2 aromatic heterocycles. The minimum atomic E-state index is -0.245. The number of hydrogen-bond donors (Lipinski definition) is 0. The van der Waals surface area contributed by atoms with E-state index in [1.807, 2.05) is 24.3 Å². The van der Waals surface area contributed by atoms with Gasteiger partial charge in [-0.3, -0.25) is 4.79 Å². The molecule has 3 rings (SSSR count). The molecule has 0 saturated heterocycles. The lowest BCUT2D eigenvalue weighted by Crippen LogP contribution is -1.92. The molecule has 24 heavy (non-hydrogen) atoms. The quantitative estimate of drug-likeness (QED) is 0.300. The number of allylic oxidation sites excluding steroid dienone is 1. The number of halogens is 3.